The van der Waals surface area contributed by atoms with Gasteiger partial charge in [-0.25, -0.2) is 0 Å². The van der Waals surface area contributed by atoms with Crippen molar-refractivity contribution in [1.29, 1.82) is 0 Å². The van der Waals surface area contributed by atoms with E-state index in [1.807, 2.05) is 32.0 Å². The van der Waals surface area contributed by atoms with E-state index >= 15 is 0 Å². The van der Waals surface area contributed by atoms with E-state index in [2.05, 4.69) is 18.2 Å². The molecule has 3 aromatic carbocycles. The normalized spacial score (nSPS) is 17.5. The molecule has 0 amide bonds. The molecule has 3 heteroatoms. The van der Waals surface area contributed by atoms with E-state index in [4.69, 9.17) is 0 Å². The van der Waals surface area contributed by atoms with Crippen molar-refractivity contribution in [3.63, 3.8) is 0 Å². The second-order valence-corrected chi connectivity index (χ2v) is 10.8. The van der Waals surface area contributed by atoms with Crippen molar-refractivity contribution in [2.45, 2.75) is 89.9 Å². The van der Waals surface area contributed by atoms with Crippen LogP contribution in [0.2, 0.25) is 0 Å². The Bertz CT molecular complexity index is 1210. The average Bonchev–Trinajstić information content (AvgIpc) is 2.86. The lowest BCUT2D eigenvalue weighted by atomic mass is 9.80. The molecule has 0 aromatic heterocycles. The van der Waals surface area contributed by atoms with Crippen molar-refractivity contribution >= 4 is 0 Å². The van der Waals surface area contributed by atoms with Gasteiger partial charge < -0.3 is 15.3 Å². The summed E-state index contributed by atoms with van der Waals surface area (Å²) in [5.41, 5.74) is 7.80. The van der Waals surface area contributed by atoms with Crippen LogP contribution >= 0.6 is 0 Å². The standard InChI is InChI=1S/C32H38O3/c1-20-16-30(34)27(22-10-5-3-6-11-22)18-25(20)24-14-9-15-29(33)32(24)26-19-28(31(35)17-21(26)2)23-12-7-4-8-13-23/h9,14-19,22-23,33-35H,3-8,10-13H2,1-2H3. The fourth-order valence-corrected chi connectivity index (χ4v) is 6.51. The number of aromatic hydroxyl groups is 3. The third-order valence-corrected chi connectivity index (χ3v) is 8.44. The van der Waals surface area contributed by atoms with Crippen LogP contribution in [0.5, 0.6) is 17.2 Å². The number of aryl methyl sites for hydroxylation is 2. The molecule has 3 N–H and O–H groups in total. The predicted octanol–water partition coefficient (Wildman–Crippen LogP) is 8.85. The maximum Gasteiger partial charge on any atom is 0.124 e. The van der Waals surface area contributed by atoms with E-state index < -0.39 is 0 Å². The second-order valence-electron chi connectivity index (χ2n) is 10.8. The molecule has 0 bridgehead atoms. The Morgan fingerprint density at radius 3 is 1.57 bits per heavy atom. The molecule has 0 heterocycles. The minimum absolute atomic E-state index is 0.248. The molecular weight excluding hydrogens is 432 g/mol. The molecule has 0 radical (unpaired) electrons. The maximum atomic E-state index is 11.2. The SMILES string of the molecule is Cc1cc(O)c(C2CCCCC2)cc1-c1cccc(O)c1-c1cc(C2CCCCC2)c(O)cc1C. The highest BCUT2D eigenvalue weighted by Crippen LogP contribution is 2.47. The highest BCUT2D eigenvalue weighted by Gasteiger charge is 2.24. The summed E-state index contributed by atoms with van der Waals surface area (Å²) in [6.45, 7) is 4.04. The Balaban J connectivity index is 1.66. The van der Waals surface area contributed by atoms with Crippen molar-refractivity contribution in [2.24, 2.45) is 0 Å². The van der Waals surface area contributed by atoms with Gasteiger partial charge in [-0.15, -0.1) is 0 Å². The molecular formula is C32H38O3. The van der Waals surface area contributed by atoms with Crippen molar-refractivity contribution in [2.75, 3.05) is 0 Å². The lowest BCUT2D eigenvalue weighted by molar-refractivity contribution is 0.414. The molecule has 0 unspecified atom stereocenters. The van der Waals surface area contributed by atoms with Gasteiger partial charge in [-0.2, -0.15) is 0 Å². The quantitative estimate of drug-likeness (QED) is 0.357. The van der Waals surface area contributed by atoms with Gasteiger partial charge in [-0.3, -0.25) is 0 Å². The second kappa shape index (κ2) is 9.97. The van der Waals surface area contributed by atoms with Crippen molar-refractivity contribution < 1.29 is 15.3 Å². The lowest BCUT2D eigenvalue weighted by Gasteiger charge is -2.26. The van der Waals surface area contributed by atoms with Crippen molar-refractivity contribution in [1.82, 2.24) is 0 Å². The Hall–Kier alpha value is -2.94. The van der Waals surface area contributed by atoms with E-state index in [0.29, 0.717) is 23.3 Å². The monoisotopic (exact) mass is 470 g/mol. The Kier molecular flexibility index (Phi) is 6.77. The first kappa shape index (κ1) is 23.8. The van der Waals surface area contributed by atoms with Crippen LogP contribution in [0, 0.1) is 13.8 Å². The number of rotatable bonds is 4. The number of phenolic OH excluding ortho intramolecular Hbond substituents is 3. The molecule has 3 aromatic rings. The summed E-state index contributed by atoms with van der Waals surface area (Å²) in [5, 5.41) is 32.8. The van der Waals surface area contributed by atoms with Gasteiger partial charge in [0, 0.05) is 5.56 Å². The lowest BCUT2D eigenvalue weighted by Crippen LogP contribution is -2.06. The van der Waals surface area contributed by atoms with Gasteiger partial charge in [0.05, 0.1) is 0 Å². The first-order chi connectivity index (χ1) is 16.9. The molecule has 35 heavy (non-hydrogen) atoms. The summed E-state index contributed by atoms with van der Waals surface area (Å²) < 4.78 is 0. The predicted molar refractivity (Wildman–Crippen MR) is 143 cm³/mol. The smallest absolute Gasteiger partial charge is 0.124 e. The van der Waals surface area contributed by atoms with Crippen LogP contribution in [0.1, 0.15) is 98.3 Å². The fourth-order valence-electron chi connectivity index (χ4n) is 6.51. The molecule has 2 aliphatic carbocycles. The molecule has 3 nitrogen and oxygen atoms in total. The highest BCUT2D eigenvalue weighted by atomic mass is 16.3. The van der Waals surface area contributed by atoms with Crippen LogP contribution in [0.4, 0.5) is 0 Å². The van der Waals surface area contributed by atoms with Crippen molar-refractivity contribution in [3.05, 3.63) is 64.7 Å². The zero-order valence-corrected chi connectivity index (χ0v) is 21.1. The molecule has 0 saturated heterocycles. The topological polar surface area (TPSA) is 60.7 Å². The zero-order valence-electron chi connectivity index (χ0n) is 21.1. The highest BCUT2D eigenvalue weighted by molar-refractivity contribution is 5.90. The van der Waals surface area contributed by atoms with Gasteiger partial charge in [0.25, 0.3) is 0 Å². The average molecular weight is 471 g/mol. The van der Waals surface area contributed by atoms with Gasteiger partial charge in [0.2, 0.25) is 0 Å². The molecule has 0 atom stereocenters. The Morgan fingerprint density at radius 1 is 0.543 bits per heavy atom. The number of benzene rings is 3. The summed E-state index contributed by atoms with van der Waals surface area (Å²) in [4.78, 5) is 0. The van der Waals surface area contributed by atoms with Gasteiger partial charge in [-0.05, 0) is 121 Å². The fraction of sp³-hybridized carbons (Fsp3) is 0.438. The molecule has 0 aliphatic heterocycles. The van der Waals surface area contributed by atoms with E-state index in [0.717, 1.165) is 70.2 Å². The molecule has 0 spiro atoms. The summed E-state index contributed by atoms with van der Waals surface area (Å²) in [7, 11) is 0. The maximum absolute atomic E-state index is 11.2. The Morgan fingerprint density at radius 2 is 1.03 bits per heavy atom. The number of hydrogen-bond donors (Lipinski definition) is 3. The van der Waals surface area contributed by atoms with Gasteiger partial charge in [0.15, 0.2) is 0 Å². The molecule has 2 aliphatic rings. The van der Waals surface area contributed by atoms with Crippen LogP contribution in [-0.4, -0.2) is 15.3 Å². The van der Waals surface area contributed by atoms with Crippen LogP contribution in [0.25, 0.3) is 22.3 Å². The third-order valence-electron chi connectivity index (χ3n) is 8.44. The van der Waals surface area contributed by atoms with E-state index in [-0.39, 0.29) is 5.75 Å². The number of phenols is 3. The summed E-state index contributed by atoms with van der Waals surface area (Å²) in [5.74, 6) is 1.76. The first-order valence-corrected chi connectivity index (χ1v) is 13.4. The van der Waals surface area contributed by atoms with Crippen LogP contribution in [0.15, 0.2) is 42.5 Å². The van der Waals surface area contributed by atoms with Crippen LogP contribution < -0.4 is 0 Å². The third kappa shape index (κ3) is 4.66. The zero-order chi connectivity index (χ0) is 24.5. The summed E-state index contributed by atoms with van der Waals surface area (Å²) >= 11 is 0. The molecule has 2 fully saturated rings. The van der Waals surface area contributed by atoms with Gasteiger partial charge >= 0.3 is 0 Å². The van der Waals surface area contributed by atoms with Gasteiger partial charge in [-0.1, -0.05) is 50.7 Å². The molecule has 184 valence electrons. The van der Waals surface area contributed by atoms with E-state index in [9.17, 15) is 15.3 Å². The summed E-state index contributed by atoms with van der Waals surface area (Å²) in [6, 6.07) is 13.8. The Labute approximate surface area is 209 Å². The minimum atomic E-state index is 0.248. The number of hydrogen-bond acceptors (Lipinski definition) is 3. The molecule has 2 saturated carbocycles. The van der Waals surface area contributed by atoms with Crippen LogP contribution in [0.3, 0.4) is 0 Å². The first-order valence-electron chi connectivity index (χ1n) is 13.4. The van der Waals surface area contributed by atoms with E-state index in [1.165, 1.54) is 38.5 Å². The van der Waals surface area contributed by atoms with Crippen LogP contribution in [-0.2, 0) is 0 Å². The summed E-state index contributed by atoms with van der Waals surface area (Å²) in [6.07, 6.45) is 11.8. The van der Waals surface area contributed by atoms with Gasteiger partial charge in [0.1, 0.15) is 17.2 Å². The van der Waals surface area contributed by atoms with Crippen molar-refractivity contribution in [3.8, 4) is 39.5 Å². The largest absolute Gasteiger partial charge is 0.508 e. The molecule has 5 rings (SSSR count). The van der Waals surface area contributed by atoms with E-state index in [1.54, 1.807) is 6.07 Å². The minimum Gasteiger partial charge on any atom is -0.508 e.